The molecule has 2 rings (SSSR count). The van der Waals surface area contributed by atoms with Gasteiger partial charge in [-0.2, -0.15) is 0 Å². The minimum atomic E-state index is -0.509. The number of rotatable bonds is 4. The van der Waals surface area contributed by atoms with E-state index in [4.69, 9.17) is 5.11 Å². The highest BCUT2D eigenvalue weighted by atomic mass is 16.5. The van der Waals surface area contributed by atoms with Crippen LogP contribution in [0.3, 0.4) is 0 Å². The molecule has 6 heteroatoms. The summed E-state index contributed by atoms with van der Waals surface area (Å²) < 4.78 is 4.66. The second-order valence-electron chi connectivity index (χ2n) is 3.54. The van der Waals surface area contributed by atoms with Gasteiger partial charge in [-0.1, -0.05) is 11.2 Å². The van der Waals surface area contributed by atoms with Crippen molar-refractivity contribution >= 4 is 0 Å². The lowest BCUT2D eigenvalue weighted by atomic mass is 10.1. The number of nitrogens with one attached hydrogen (secondary N) is 1. The first-order valence-corrected chi connectivity index (χ1v) is 5.01. The fraction of sp³-hybridized carbons (Fsp3) is 0.182. The summed E-state index contributed by atoms with van der Waals surface area (Å²) in [6.07, 6.45) is 1.47. The van der Waals surface area contributed by atoms with Crippen LogP contribution in [0.25, 0.3) is 0 Å². The first kappa shape index (κ1) is 11.3. The van der Waals surface area contributed by atoms with Crippen molar-refractivity contribution in [2.45, 2.75) is 13.1 Å². The average molecular weight is 236 g/mol. The maximum atomic E-state index is 9.55. The Bertz CT molecular complexity index is 496. The third kappa shape index (κ3) is 2.48. The lowest BCUT2D eigenvalue weighted by Gasteiger charge is -2.07. The van der Waals surface area contributed by atoms with E-state index in [0.29, 0.717) is 18.7 Å². The van der Waals surface area contributed by atoms with Crippen LogP contribution in [0.2, 0.25) is 0 Å². The molecule has 0 saturated carbocycles. The smallest absolute Gasteiger partial charge is 0.200 e. The lowest BCUT2D eigenvalue weighted by Crippen LogP contribution is -2.12. The molecular formula is C11H12N2O4. The zero-order valence-corrected chi connectivity index (χ0v) is 8.92. The first-order valence-electron chi connectivity index (χ1n) is 5.01. The summed E-state index contributed by atoms with van der Waals surface area (Å²) in [5, 5.41) is 34.7. The number of hydrogen-bond acceptors (Lipinski definition) is 6. The SMILES string of the molecule is Oc1ccc(CNCc2ccon2)c(O)c1O. The number of aromatic nitrogens is 1. The number of aromatic hydroxyl groups is 3. The van der Waals surface area contributed by atoms with Gasteiger partial charge in [0.05, 0.1) is 5.69 Å². The van der Waals surface area contributed by atoms with Gasteiger partial charge in [0.2, 0.25) is 5.75 Å². The third-order valence-corrected chi connectivity index (χ3v) is 2.33. The highest BCUT2D eigenvalue weighted by Crippen LogP contribution is 2.36. The van der Waals surface area contributed by atoms with Gasteiger partial charge in [0.15, 0.2) is 11.5 Å². The maximum absolute atomic E-state index is 9.55. The van der Waals surface area contributed by atoms with Gasteiger partial charge in [-0.25, -0.2) is 0 Å². The fourth-order valence-corrected chi connectivity index (χ4v) is 1.41. The quantitative estimate of drug-likeness (QED) is 0.593. The number of benzene rings is 1. The number of phenolic OH excluding ortho intramolecular Hbond substituents is 3. The van der Waals surface area contributed by atoms with E-state index < -0.39 is 5.75 Å². The van der Waals surface area contributed by atoms with E-state index in [1.165, 1.54) is 18.4 Å². The minimum Gasteiger partial charge on any atom is -0.504 e. The highest BCUT2D eigenvalue weighted by Gasteiger charge is 2.10. The number of nitrogens with zero attached hydrogens (tertiary/aromatic N) is 1. The van der Waals surface area contributed by atoms with Crippen molar-refractivity contribution in [2.75, 3.05) is 0 Å². The lowest BCUT2D eigenvalue weighted by molar-refractivity contribution is 0.364. The molecule has 0 unspecified atom stereocenters. The second kappa shape index (κ2) is 4.75. The molecule has 90 valence electrons. The standard InChI is InChI=1S/C11H12N2O4/c14-9-2-1-7(10(15)11(9)16)5-12-6-8-3-4-17-13-8/h1-4,12,14-16H,5-6H2. The molecule has 0 bridgehead atoms. The van der Waals surface area contributed by atoms with Gasteiger partial charge in [0.25, 0.3) is 0 Å². The average Bonchev–Trinajstić information content (AvgIpc) is 2.82. The molecule has 6 nitrogen and oxygen atoms in total. The van der Waals surface area contributed by atoms with E-state index in [1.54, 1.807) is 6.07 Å². The molecule has 0 spiro atoms. The molecule has 0 amide bonds. The number of phenols is 3. The predicted molar refractivity (Wildman–Crippen MR) is 58.5 cm³/mol. The van der Waals surface area contributed by atoms with E-state index in [2.05, 4.69) is 15.0 Å². The van der Waals surface area contributed by atoms with Crippen molar-refractivity contribution in [3.63, 3.8) is 0 Å². The van der Waals surface area contributed by atoms with Crippen LogP contribution in [-0.4, -0.2) is 20.5 Å². The molecule has 17 heavy (non-hydrogen) atoms. The largest absolute Gasteiger partial charge is 0.504 e. The van der Waals surface area contributed by atoms with Crippen molar-refractivity contribution in [3.8, 4) is 17.2 Å². The fourth-order valence-electron chi connectivity index (χ4n) is 1.41. The summed E-state index contributed by atoms with van der Waals surface area (Å²) in [5.41, 5.74) is 1.23. The van der Waals surface area contributed by atoms with Crippen molar-refractivity contribution in [2.24, 2.45) is 0 Å². The van der Waals surface area contributed by atoms with Crippen LogP contribution >= 0.6 is 0 Å². The summed E-state index contributed by atoms with van der Waals surface area (Å²) in [6, 6.07) is 4.57. The molecule has 1 heterocycles. The van der Waals surface area contributed by atoms with E-state index in [0.717, 1.165) is 5.69 Å². The van der Waals surface area contributed by atoms with Crippen molar-refractivity contribution < 1.29 is 19.8 Å². The summed E-state index contributed by atoms with van der Waals surface area (Å²) >= 11 is 0. The summed E-state index contributed by atoms with van der Waals surface area (Å²) in [7, 11) is 0. The molecule has 0 aliphatic rings. The molecular weight excluding hydrogens is 224 g/mol. The van der Waals surface area contributed by atoms with Crippen LogP contribution < -0.4 is 5.32 Å². The molecule has 1 aromatic carbocycles. The van der Waals surface area contributed by atoms with E-state index in [1.807, 2.05) is 0 Å². The van der Waals surface area contributed by atoms with E-state index in [9.17, 15) is 10.2 Å². The normalized spacial score (nSPS) is 10.6. The summed E-state index contributed by atoms with van der Waals surface area (Å²) in [6.45, 7) is 0.824. The molecule has 0 atom stereocenters. The van der Waals surface area contributed by atoms with Gasteiger partial charge < -0.3 is 25.2 Å². The molecule has 1 aromatic heterocycles. The zero-order chi connectivity index (χ0) is 12.3. The van der Waals surface area contributed by atoms with Gasteiger partial charge in [-0.3, -0.25) is 0 Å². The monoisotopic (exact) mass is 236 g/mol. The van der Waals surface area contributed by atoms with Crippen molar-refractivity contribution in [1.29, 1.82) is 0 Å². The van der Waals surface area contributed by atoms with Gasteiger partial charge in [-0.05, 0) is 6.07 Å². The second-order valence-corrected chi connectivity index (χ2v) is 3.54. The Balaban J connectivity index is 1.97. The first-order chi connectivity index (χ1) is 8.18. The Morgan fingerprint density at radius 2 is 1.88 bits per heavy atom. The van der Waals surface area contributed by atoms with Crippen LogP contribution in [0.15, 0.2) is 29.0 Å². The third-order valence-electron chi connectivity index (χ3n) is 2.33. The van der Waals surface area contributed by atoms with Crippen LogP contribution in [0.5, 0.6) is 17.2 Å². The van der Waals surface area contributed by atoms with Gasteiger partial charge in [0.1, 0.15) is 6.26 Å². The Morgan fingerprint density at radius 3 is 2.59 bits per heavy atom. The highest BCUT2D eigenvalue weighted by molar-refractivity contribution is 5.52. The molecule has 0 aliphatic carbocycles. The molecule has 2 aromatic rings. The van der Waals surface area contributed by atoms with Crippen LogP contribution in [0.1, 0.15) is 11.3 Å². The molecule has 0 aliphatic heterocycles. The van der Waals surface area contributed by atoms with E-state index in [-0.39, 0.29) is 11.5 Å². The molecule has 0 radical (unpaired) electrons. The number of hydrogen-bond donors (Lipinski definition) is 4. The van der Waals surface area contributed by atoms with Crippen LogP contribution in [0.4, 0.5) is 0 Å². The van der Waals surface area contributed by atoms with Gasteiger partial charge in [0, 0.05) is 24.7 Å². The van der Waals surface area contributed by atoms with Crippen molar-refractivity contribution in [1.82, 2.24) is 10.5 Å². The topological polar surface area (TPSA) is 98.8 Å². The Kier molecular flexibility index (Phi) is 3.15. The van der Waals surface area contributed by atoms with Crippen LogP contribution in [-0.2, 0) is 13.1 Å². The maximum Gasteiger partial charge on any atom is 0.200 e. The predicted octanol–water partition coefficient (Wildman–Crippen LogP) is 1.08. The summed E-state index contributed by atoms with van der Waals surface area (Å²) in [4.78, 5) is 0. The minimum absolute atomic E-state index is 0.322. The molecule has 0 fully saturated rings. The Labute approximate surface area is 97.1 Å². The Morgan fingerprint density at radius 1 is 1.06 bits per heavy atom. The Hall–Kier alpha value is -2.21. The molecule has 4 N–H and O–H groups in total. The molecule has 0 saturated heterocycles. The van der Waals surface area contributed by atoms with E-state index >= 15 is 0 Å². The zero-order valence-electron chi connectivity index (χ0n) is 8.92. The summed E-state index contributed by atoms with van der Waals surface area (Å²) in [5.74, 6) is -1.17. The van der Waals surface area contributed by atoms with Gasteiger partial charge in [-0.15, -0.1) is 0 Å². The van der Waals surface area contributed by atoms with Crippen molar-refractivity contribution in [3.05, 3.63) is 35.7 Å². The van der Waals surface area contributed by atoms with Crippen LogP contribution in [0, 0.1) is 0 Å². The van der Waals surface area contributed by atoms with Gasteiger partial charge >= 0.3 is 0 Å².